The first kappa shape index (κ1) is 37.6. The largest absolute Gasteiger partial charge is 0.497 e. The van der Waals surface area contributed by atoms with E-state index in [-0.39, 0.29) is 30.4 Å². The lowest BCUT2D eigenvalue weighted by molar-refractivity contribution is -0.0799. The molecule has 1 heterocycles. The summed E-state index contributed by atoms with van der Waals surface area (Å²) in [6.45, 7) is 5.39. The number of rotatable bonds is 9. The zero-order valence-corrected chi connectivity index (χ0v) is 31.0. The molecule has 0 aromatic heterocycles. The number of allylic oxidation sites excluding steroid dienone is 2. The summed E-state index contributed by atoms with van der Waals surface area (Å²) in [6.07, 6.45) is 7.71. The first-order valence-electron chi connectivity index (χ1n) is 18.7. The van der Waals surface area contributed by atoms with Gasteiger partial charge in [0.05, 0.1) is 38.6 Å². The predicted octanol–water partition coefficient (Wildman–Crippen LogP) is 7.69. The summed E-state index contributed by atoms with van der Waals surface area (Å²) >= 11 is 0. The molecule has 0 unspecified atom stereocenters. The molecular weight excluding hydrogens is 656 g/mol. The Morgan fingerprint density at radius 2 is 1.67 bits per heavy atom. The van der Waals surface area contributed by atoms with Crippen LogP contribution in [0.5, 0.6) is 11.5 Å². The van der Waals surface area contributed by atoms with Crippen LogP contribution in [0.3, 0.4) is 0 Å². The van der Waals surface area contributed by atoms with Crippen LogP contribution in [0.25, 0.3) is 0 Å². The number of nitrogens with zero attached hydrogens (tertiary/aromatic N) is 1. The van der Waals surface area contributed by atoms with E-state index in [0.29, 0.717) is 73.6 Å². The standard InChI is InChI=1S/C43H54N2O7/c1-29-7-5-22-42(2)39(37-20-10-30(25-33(46)15-9-29)26-38(37)40(47)31-11-16-34(50-3)17-12-31)21-23-43(42,49)28-45(27-36-8-6-24-52-36)41(48)44-32-13-18-35(51-4)19-14-32/h7,10-14,16-20,26,33,36,39,46,49H,5-6,8-9,15,21-25,27-28H2,1-4H3,(H,44,48)/t33-,36+,39-,42-,43+/m0/s1. The van der Waals surface area contributed by atoms with Crippen molar-refractivity contribution in [2.24, 2.45) is 5.41 Å². The third-order valence-electron chi connectivity index (χ3n) is 11.8. The fourth-order valence-corrected chi connectivity index (χ4v) is 8.54. The topological polar surface area (TPSA) is 118 Å². The number of hydrogen-bond donors (Lipinski definition) is 3. The summed E-state index contributed by atoms with van der Waals surface area (Å²) in [5.41, 5.74) is 2.82. The molecular formula is C43H54N2O7. The number of ketones is 1. The molecule has 1 saturated heterocycles. The predicted molar refractivity (Wildman–Crippen MR) is 202 cm³/mol. The van der Waals surface area contributed by atoms with Gasteiger partial charge in [-0.3, -0.25) is 4.79 Å². The number of aliphatic hydroxyl groups excluding tert-OH is 1. The van der Waals surface area contributed by atoms with Crippen molar-refractivity contribution in [2.75, 3.05) is 39.2 Å². The summed E-state index contributed by atoms with van der Waals surface area (Å²) in [5, 5.41) is 27.0. The molecule has 0 spiro atoms. The van der Waals surface area contributed by atoms with Crippen molar-refractivity contribution in [3.05, 3.63) is 101 Å². The highest BCUT2D eigenvalue weighted by molar-refractivity contribution is 6.10. The van der Waals surface area contributed by atoms with Crippen LogP contribution < -0.4 is 14.8 Å². The molecule has 1 aliphatic heterocycles. The van der Waals surface area contributed by atoms with E-state index in [1.165, 1.54) is 5.57 Å². The van der Waals surface area contributed by atoms with Crippen molar-refractivity contribution < 1.29 is 34.0 Å². The first-order valence-corrected chi connectivity index (χ1v) is 18.7. The maximum absolute atomic E-state index is 14.4. The van der Waals surface area contributed by atoms with Gasteiger partial charge < -0.3 is 34.6 Å². The molecule has 4 aliphatic rings. The Kier molecular flexibility index (Phi) is 11.7. The van der Waals surface area contributed by atoms with Crippen LogP contribution in [0, 0.1) is 5.41 Å². The highest BCUT2D eigenvalue weighted by Crippen LogP contribution is 2.59. The van der Waals surface area contributed by atoms with Gasteiger partial charge in [-0.15, -0.1) is 0 Å². The number of amides is 2. The number of ether oxygens (including phenoxy) is 3. The van der Waals surface area contributed by atoms with Crippen molar-refractivity contribution in [2.45, 2.75) is 95.4 Å². The summed E-state index contributed by atoms with van der Waals surface area (Å²) < 4.78 is 16.7. The van der Waals surface area contributed by atoms with E-state index in [9.17, 15) is 19.8 Å². The average Bonchev–Trinajstić information content (AvgIpc) is 3.75. The molecule has 278 valence electrons. The van der Waals surface area contributed by atoms with Crippen LogP contribution in [0.1, 0.15) is 98.2 Å². The second-order valence-corrected chi connectivity index (χ2v) is 15.2. The molecule has 3 aliphatic carbocycles. The minimum absolute atomic E-state index is 0.103. The van der Waals surface area contributed by atoms with Gasteiger partial charge in [-0.25, -0.2) is 4.79 Å². The lowest BCUT2D eigenvalue weighted by atomic mass is 9.64. The normalized spacial score (nSPS) is 26.2. The smallest absolute Gasteiger partial charge is 0.322 e. The van der Waals surface area contributed by atoms with Gasteiger partial charge in [0, 0.05) is 35.4 Å². The highest BCUT2D eigenvalue weighted by Gasteiger charge is 2.57. The van der Waals surface area contributed by atoms with E-state index in [0.717, 1.165) is 36.8 Å². The molecule has 3 N–H and O–H groups in total. The van der Waals surface area contributed by atoms with Crippen LogP contribution >= 0.6 is 0 Å². The van der Waals surface area contributed by atoms with E-state index in [1.807, 2.05) is 18.2 Å². The molecule has 3 aromatic carbocycles. The van der Waals surface area contributed by atoms with Crippen molar-refractivity contribution >= 4 is 17.5 Å². The van der Waals surface area contributed by atoms with Crippen LogP contribution in [0.4, 0.5) is 10.5 Å². The van der Waals surface area contributed by atoms with E-state index >= 15 is 0 Å². The molecule has 9 heteroatoms. The van der Waals surface area contributed by atoms with Crippen LogP contribution in [0.2, 0.25) is 0 Å². The molecule has 2 fully saturated rings. The van der Waals surface area contributed by atoms with E-state index in [4.69, 9.17) is 14.2 Å². The number of hydrogen-bond acceptors (Lipinski definition) is 7. The summed E-state index contributed by atoms with van der Waals surface area (Å²) in [5.74, 6) is 1.09. The number of carbonyl (C=O) groups excluding carboxylic acids is 2. The van der Waals surface area contributed by atoms with E-state index in [1.54, 1.807) is 67.7 Å². The lowest BCUT2D eigenvalue weighted by Gasteiger charge is -2.46. The van der Waals surface area contributed by atoms with Gasteiger partial charge >= 0.3 is 6.03 Å². The van der Waals surface area contributed by atoms with Gasteiger partial charge in [-0.05, 0) is 136 Å². The van der Waals surface area contributed by atoms with Crippen molar-refractivity contribution in [1.29, 1.82) is 0 Å². The van der Waals surface area contributed by atoms with Gasteiger partial charge in [0.2, 0.25) is 0 Å². The zero-order chi connectivity index (χ0) is 36.9. The molecule has 3 aromatic rings. The number of methoxy groups -OCH3 is 2. The van der Waals surface area contributed by atoms with Crippen LogP contribution in [-0.2, 0) is 11.2 Å². The first-order chi connectivity index (χ1) is 25.0. The number of fused-ring (bicyclic) bond motifs is 8. The Morgan fingerprint density at radius 3 is 2.35 bits per heavy atom. The Hall–Kier alpha value is -4.18. The van der Waals surface area contributed by atoms with Gasteiger partial charge in [0.1, 0.15) is 11.5 Å². The Morgan fingerprint density at radius 1 is 0.962 bits per heavy atom. The Labute approximate surface area is 308 Å². The maximum Gasteiger partial charge on any atom is 0.322 e. The Bertz CT molecular complexity index is 1730. The third kappa shape index (κ3) is 8.22. The molecule has 1 saturated carbocycles. The van der Waals surface area contributed by atoms with Crippen molar-refractivity contribution in [3.8, 4) is 11.5 Å². The molecule has 52 heavy (non-hydrogen) atoms. The monoisotopic (exact) mass is 710 g/mol. The average molecular weight is 711 g/mol. The number of nitrogens with one attached hydrogen (secondary N) is 1. The fraction of sp³-hybridized carbons (Fsp3) is 0.488. The fourth-order valence-electron chi connectivity index (χ4n) is 8.54. The quantitative estimate of drug-likeness (QED) is 0.154. The van der Waals surface area contributed by atoms with Crippen molar-refractivity contribution in [1.82, 2.24) is 4.90 Å². The van der Waals surface area contributed by atoms with Crippen LogP contribution in [0.15, 0.2) is 78.4 Å². The molecule has 2 amide bonds. The molecule has 9 nitrogen and oxygen atoms in total. The van der Waals surface area contributed by atoms with Gasteiger partial charge in [-0.2, -0.15) is 0 Å². The number of aliphatic hydroxyl groups is 2. The number of urea groups is 1. The molecule has 7 rings (SSSR count). The van der Waals surface area contributed by atoms with Crippen LogP contribution in [-0.4, -0.2) is 78.7 Å². The minimum atomic E-state index is -1.26. The zero-order valence-electron chi connectivity index (χ0n) is 31.0. The maximum atomic E-state index is 14.4. The third-order valence-corrected chi connectivity index (χ3v) is 11.8. The summed E-state index contributed by atoms with van der Waals surface area (Å²) in [7, 11) is 3.20. The number of carbonyl (C=O) groups is 2. The lowest BCUT2D eigenvalue weighted by Crippen LogP contribution is -2.55. The highest BCUT2D eigenvalue weighted by atomic mass is 16.5. The SMILES string of the molecule is COc1ccc(NC(=O)N(C[C@H]2CCCO2)C[C@]2(O)CC[C@H]3c4ccc(cc4C(=O)c4ccc(OC)cc4)C[C@@H](O)CCC(C)=CCC[C@@]32C)cc1. The summed E-state index contributed by atoms with van der Waals surface area (Å²) in [4.78, 5) is 30.2. The molecule has 0 radical (unpaired) electrons. The van der Waals surface area contributed by atoms with Crippen molar-refractivity contribution in [3.63, 3.8) is 0 Å². The number of anilines is 1. The van der Waals surface area contributed by atoms with E-state index < -0.39 is 17.1 Å². The Balaban J connectivity index is 1.38. The minimum Gasteiger partial charge on any atom is -0.497 e. The summed E-state index contributed by atoms with van der Waals surface area (Å²) in [6, 6.07) is 20.1. The van der Waals surface area contributed by atoms with Gasteiger partial charge in [0.25, 0.3) is 0 Å². The van der Waals surface area contributed by atoms with Gasteiger partial charge in [-0.1, -0.05) is 30.7 Å². The number of benzene rings is 3. The molecule has 5 atom stereocenters. The second-order valence-electron chi connectivity index (χ2n) is 15.2. The van der Waals surface area contributed by atoms with E-state index in [2.05, 4.69) is 25.2 Å². The second kappa shape index (κ2) is 16.2. The molecule has 2 bridgehead atoms. The van der Waals surface area contributed by atoms with Gasteiger partial charge in [0.15, 0.2) is 5.78 Å².